The Kier molecular flexibility index (Phi) is 2.40. The molecule has 0 spiro atoms. The lowest BCUT2D eigenvalue weighted by Crippen LogP contribution is -2.43. The number of halogens is 1. The lowest BCUT2D eigenvalue weighted by atomic mass is 10.2. The second-order valence-corrected chi connectivity index (χ2v) is 5.67. The van der Waals surface area contributed by atoms with Gasteiger partial charge in [-0.3, -0.25) is 0 Å². The minimum absolute atomic E-state index is 0.451. The first-order valence-electron chi connectivity index (χ1n) is 6.51. The highest BCUT2D eigenvalue weighted by Gasteiger charge is 2.38. The molecule has 2 bridgehead atoms. The molecule has 2 fully saturated rings. The Morgan fingerprint density at radius 2 is 2.26 bits per heavy atom. The summed E-state index contributed by atoms with van der Waals surface area (Å²) in [5.41, 5.74) is 0.864. The highest BCUT2D eigenvalue weighted by Crippen LogP contribution is 2.31. The summed E-state index contributed by atoms with van der Waals surface area (Å²) in [4.78, 5) is 6.95. The fourth-order valence-electron chi connectivity index (χ4n) is 3.13. The number of pyridine rings is 1. The number of anilines is 1. The van der Waals surface area contributed by atoms with E-state index in [1.54, 1.807) is 0 Å². The summed E-state index contributed by atoms with van der Waals surface area (Å²) in [5, 5.41) is 13.9. The SMILES string of the molecule is Cc1nnc(Cl)c2cc(N3CC4CC3CN4)ncc12. The van der Waals surface area contributed by atoms with E-state index in [2.05, 4.69) is 25.4 Å². The molecule has 98 valence electrons. The van der Waals surface area contributed by atoms with Gasteiger partial charge in [-0.05, 0) is 19.4 Å². The molecule has 0 aliphatic carbocycles. The van der Waals surface area contributed by atoms with E-state index in [1.807, 2.05) is 19.2 Å². The average molecular weight is 276 g/mol. The van der Waals surface area contributed by atoms with Crippen LogP contribution in [0, 0.1) is 6.92 Å². The largest absolute Gasteiger partial charge is 0.351 e. The Labute approximate surface area is 116 Å². The van der Waals surface area contributed by atoms with Gasteiger partial charge in [0.05, 0.1) is 5.69 Å². The molecular weight excluding hydrogens is 262 g/mol. The van der Waals surface area contributed by atoms with Crippen molar-refractivity contribution < 1.29 is 0 Å². The fourth-order valence-corrected chi connectivity index (χ4v) is 3.32. The van der Waals surface area contributed by atoms with Crippen LogP contribution in [0.1, 0.15) is 12.1 Å². The van der Waals surface area contributed by atoms with Gasteiger partial charge in [0, 0.05) is 42.1 Å². The van der Waals surface area contributed by atoms with Crippen molar-refractivity contribution in [1.29, 1.82) is 0 Å². The first kappa shape index (κ1) is 11.4. The van der Waals surface area contributed by atoms with Crippen LogP contribution in [0.5, 0.6) is 0 Å². The molecule has 1 N–H and O–H groups in total. The molecule has 2 aromatic rings. The fraction of sp³-hybridized carbons (Fsp3) is 0.462. The zero-order chi connectivity index (χ0) is 13.0. The van der Waals surface area contributed by atoms with Crippen LogP contribution < -0.4 is 10.2 Å². The first-order chi connectivity index (χ1) is 9.22. The second kappa shape index (κ2) is 4.02. The van der Waals surface area contributed by atoms with Gasteiger partial charge < -0.3 is 10.2 Å². The number of hydrogen-bond donors (Lipinski definition) is 1. The van der Waals surface area contributed by atoms with Gasteiger partial charge in [-0.25, -0.2) is 4.98 Å². The van der Waals surface area contributed by atoms with Crippen LogP contribution in [0.3, 0.4) is 0 Å². The van der Waals surface area contributed by atoms with Crippen LogP contribution in [-0.4, -0.2) is 40.4 Å². The van der Waals surface area contributed by atoms with E-state index in [4.69, 9.17) is 11.6 Å². The Bertz CT molecular complexity index is 659. The molecule has 2 aromatic heterocycles. The summed E-state index contributed by atoms with van der Waals surface area (Å²) < 4.78 is 0. The second-order valence-electron chi connectivity index (χ2n) is 5.31. The van der Waals surface area contributed by atoms with Crippen molar-refractivity contribution in [3.05, 3.63) is 23.1 Å². The van der Waals surface area contributed by atoms with Crippen LogP contribution in [0.2, 0.25) is 5.15 Å². The predicted molar refractivity (Wildman–Crippen MR) is 74.6 cm³/mol. The normalized spacial score (nSPS) is 25.5. The van der Waals surface area contributed by atoms with Crippen molar-refractivity contribution in [3.8, 4) is 0 Å². The quantitative estimate of drug-likeness (QED) is 0.856. The van der Waals surface area contributed by atoms with Gasteiger partial charge in [0.25, 0.3) is 0 Å². The standard InChI is InChI=1S/C13H14ClN5/c1-7-11-5-16-12(3-10(11)13(14)18-17-7)19-6-8-2-9(19)4-15-8/h3,5,8-9,15H,2,4,6H2,1H3. The Morgan fingerprint density at radius 1 is 1.37 bits per heavy atom. The molecule has 5 nitrogen and oxygen atoms in total. The summed E-state index contributed by atoms with van der Waals surface area (Å²) >= 11 is 6.15. The Hall–Kier alpha value is -1.46. The number of hydrogen-bond acceptors (Lipinski definition) is 5. The van der Waals surface area contributed by atoms with E-state index in [-0.39, 0.29) is 0 Å². The van der Waals surface area contributed by atoms with Crippen LogP contribution in [0.25, 0.3) is 10.8 Å². The maximum Gasteiger partial charge on any atom is 0.159 e. The third-order valence-corrected chi connectivity index (χ3v) is 4.42. The summed E-state index contributed by atoms with van der Waals surface area (Å²) in [6.45, 7) is 4.00. The number of rotatable bonds is 1. The molecule has 2 saturated heterocycles. The number of aromatic nitrogens is 3. The zero-order valence-corrected chi connectivity index (χ0v) is 11.4. The van der Waals surface area contributed by atoms with Crippen molar-refractivity contribution >= 4 is 28.2 Å². The predicted octanol–water partition coefficient (Wildman–Crippen LogP) is 1.54. The van der Waals surface area contributed by atoms with E-state index in [0.717, 1.165) is 35.4 Å². The summed E-state index contributed by atoms with van der Waals surface area (Å²) in [5.74, 6) is 0.996. The molecule has 4 heterocycles. The lowest BCUT2D eigenvalue weighted by molar-refractivity contribution is 0.576. The molecule has 2 unspecified atom stereocenters. The van der Waals surface area contributed by atoms with Gasteiger partial charge in [0.2, 0.25) is 0 Å². The minimum Gasteiger partial charge on any atom is -0.351 e. The summed E-state index contributed by atoms with van der Waals surface area (Å²) in [7, 11) is 0. The molecular formula is C13H14ClN5. The minimum atomic E-state index is 0.451. The van der Waals surface area contributed by atoms with Crippen molar-refractivity contribution in [2.45, 2.75) is 25.4 Å². The summed E-state index contributed by atoms with van der Waals surface area (Å²) in [6.07, 6.45) is 3.07. The molecule has 0 aromatic carbocycles. The highest BCUT2D eigenvalue weighted by atomic mass is 35.5. The van der Waals surface area contributed by atoms with E-state index < -0.39 is 0 Å². The average Bonchev–Trinajstić information content (AvgIpc) is 3.05. The number of aryl methyl sites for hydroxylation is 1. The van der Waals surface area contributed by atoms with Crippen LogP contribution in [0.15, 0.2) is 12.3 Å². The van der Waals surface area contributed by atoms with Gasteiger partial charge in [-0.1, -0.05) is 11.6 Å². The molecule has 0 saturated carbocycles. The van der Waals surface area contributed by atoms with Crippen LogP contribution >= 0.6 is 11.6 Å². The Balaban J connectivity index is 1.82. The first-order valence-corrected chi connectivity index (χ1v) is 6.89. The molecule has 0 amide bonds. The van der Waals surface area contributed by atoms with Crippen LogP contribution in [-0.2, 0) is 0 Å². The monoisotopic (exact) mass is 275 g/mol. The smallest absolute Gasteiger partial charge is 0.159 e. The topological polar surface area (TPSA) is 53.9 Å². The van der Waals surface area contributed by atoms with Gasteiger partial charge in [-0.2, -0.15) is 5.10 Å². The zero-order valence-electron chi connectivity index (χ0n) is 10.6. The highest BCUT2D eigenvalue weighted by molar-refractivity contribution is 6.34. The third kappa shape index (κ3) is 1.69. The maximum atomic E-state index is 6.15. The Morgan fingerprint density at radius 3 is 3.00 bits per heavy atom. The molecule has 2 aliphatic heterocycles. The number of fused-ring (bicyclic) bond motifs is 3. The summed E-state index contributed by atoms with van der Waals surface area (Å²) in [6, 6.07) is 3.21. The van der Waals surface area contributed by atoms with Gasteiger partial charge in [-0.15, -0.1) is 5.10 Å². The molecule has 2 atom stereocenters. The van der Waals surface area contributed by atoms with Crippen molar-refractivity contribution in [1.82, 2.24) is 20.5 Å². The van der Waals surface area contributed by atoms with E-state index in [9.17, 15) is 0 Å². The van der Waals surface area contributed by atoms with E-state index in [1.165, 1.54) is 6.42 Å². The number of piperazine rings is 1. The van der Waals surface area contributed by atoms with Gasteiger partial charge in [0.1, 0.15) is 5.82 Å². The van der Waals surface area contributed by atoms with Gasteiger partial charge >= 0.3 is 0 Å². The van der Waals surface area contributed by atoms with Crippen molar-refractivity contribution in [2.24, 2.45) is 0 Å². The lowest BCUT2D eigenvalue weighted by Gasteiger charge is -2.28. The van der Waals surface area contributed by atoms with E-state index >= 15 is 0 Å². The number of nitrogens with zero attached hydrogens (tertiary/aromatic N) is 4. The number of nitrogens with one attached hydrogen (secondary N) is 1. The van der Waals surface area contributed by atoms with E-state index in [0.29, 0.717) is 17.2 Å². The molecule has 19 heavy (non-hydrogen) atoms. The molecule has 6 heteroatoms. The van der Waals surface area contributed by atoms with Crippen molar-refractivity contribution in [3.63, 3.8) is 0 Å². The maximum absolute atomic E-state index is 6.15. The molecule has 0 radical (unpaired) electrons. The van der Waals surface area contributed by atoms with Gasteiger partial charge in [0.15, 0.2) is 5.15 Å². The van der Waals surface area contributed by atoms with Crippen molar-refractivity contribution in [2.75, 3.05) is 18.0 Å². The van der Waals surface area contributed by atoms with Crippen LogP contribution in [0.4, 0.5) is 5.82 Å². The molecule has 2 aliphatic rings. The molecule has 4 rings (SSSR count). The third-order valence-electron chi connectivity index (χ3n) is 4.14.